The number of esters is 2. The Kier molecular flexibility index (Phi) is 4.85. The lowest BCUT2D eigenvalue weighted by atomic mass is 10.00. The summed E-state index contributed by atoms with van der Waals surface area (Å²) in [6, 6.07) is 3.32. The van der Waals surface area contributed by atoms with Crippen molar-refractivity contribution in [1.29, 1.82) is 0 Å². The Labute approximate surface area is 114 Å². The predicted molar refractivity (Wildman–Crippen MR) is 66.4 cm³/mol. The number of carbonyl (C=O) groups is 2. The number of ether oxygens (including phenoxy) is 2. The van der Waals surface area contributed by atoms with E-state index in [0.717, 1.165) is 26.4 Å². The van der Waals surface area contributed by atoms with Gasteiger partial charge in [0.1, 0.15) is 5.57 Å². The minimum absolute atomic E-state index is 0.00380. The molecule has 0 aliphatic heterocycles. The van der Waals surface area contributed by atoms with E-state index in [9.17, 15) is 24.6 Å². The zero-order chi connectivity index (χ0) is 15.3. The second-order valence-electron chi connectivity index (χ2n) is 3.54. The van der Waals surface area contributed by atoms with Gasteiger partial charge in [-0.05, 0) is 17.7 Å². The molecule has 0 unspecified atom stereocenters. The predicted octanol–water partition coefficient (Wildman–Crippen LogP) is 0.307. The van der Waals surface area contributed by atoms with Crippen molar-refractivity contribution in [3.63, 3.8) is 0 Å². The quantitative estimate of drug-likeness (QED) is 0.268. The van der Waals surface area contributed by atoms with Gasteiger partial charge in [0.05, 0.1) is 19.8 Å². The fourth-order valence-corrected chi connectivity index (χ4v) is 1.44. The van der Waals surface area contributed by atoms with E-state index in [1.165, 1.54) is 12.4 Å². The van der Waals surface area contributed by atoms with Crippen LogP contribution in [0.2, 0.25) is 0 Å². The number of phenolic OH excluding ortho intramolecular Hbond substituents is 2. The maximum Gasteiger partial charge on any atom is 0.342 e. The molecule has 0 bridgehead atoms. The van der Waals surface area contributed by atoms with Crippen LogP contribution >= 0.6 is 0 Å². The average Bonchev–Trinajstić information content (AvgIpc) is 2.46. The Hall–Kier alpha value is -2.83. The van der Waals surface area contributed by atoms with E-state index < -0.39 is 34.6 Å². The summed E-state index contributed by atoms with van der Waals surface area (Å²) < 4.78 is 8.86. The normalized spacial score (nSPS) is 11.3. The van der Waals surface area contributed by atoms with Crippen LogP contribution in [-0.2, 0) is 23.9 Å². The maximum atomic E-state index is 11.7. The molecule has 0 amide bonds. The van der Waals surface area contributed by atoms with Crippen LogP contribution in [-0.4, -0.2) is 42.7 Å². The SMILES string of the molecule is COC(=O)C([C]=O)=C(C(=O)OC)c1ccc(O)c(O)c1. The van der Waals surface area contributed by atoms with Gasteiger partial charge in [-0.3, -0.25) is 4.79 Å². The van der Waals surface area contributed by atoms with Crippen molar-refractivity contribution in [2.75, 3.05) is 14.2 Å². The molecular formula is C13H11O7. The van der Waals surface area contributed by atoms with Crippen molar-refractivity contribution in [1.82, 2.24) is 0 Å². The first-order valence-corrected chi connectivity index (χ1v) is 5.27. The smallest absolute Gasteiger partial charge is 0.342 e. The molecule has 1 aromatic rings. The third-order valence-corrected chi connectivity index (χ3v) is 2.40. The average molecular weight is 279 g/mol. The molecule has 0 aliphatic rings. The third kappa shape index (κ3) is 2.94. The molecule has 2 N–H and O–H groups in total. The largest absolute Gasteiger partial charge is 0.504 e. The van der Waals surface area contributed by atoms with E-state index in [0.29, 0.717) is 0 Å². The van der Waals surface area contributed by atoms with Crippen LogP contribution in [0.3, 0.4) is 0 Å². The van der Waals surface area contributed by atoms with E-state index in [4.69, 9.17) is 0 Å². The number of benzene rings is 1. The van der Waals surface area contributed by atoms with Gasteiger partial charge in [0.15, 0.2) is 11.5 Å². The molecule has 7 heteroatoms. The van der Waals surface area contributed by atoms with Crippen LogP contribution in [0.4, 0.5) is 0 Å². The molecule has 0 saturated carbocycles. The summed E-state index contributed by atoms with van der Waals surface area (Å²) in [7, 11) is 2.09. The van der Waals surface area contributed by atoms with Gasteiger partial charge in [0, 0.05) is 0 Å². The first-order chi connectivity index (χ1) is 9.46. The summed E-state index contributed by atoms with van der Waals surface area (Å²) >= 11 is 0. The van der Waals surface area contributed by atoms with E-state index in [2.05, 4.69) is 9.47 Å². The molecule has 0 spiro atoms. The summed E-state index contributed by atoms with van der Waals surface area (Å²) in [6.07, 6.45) is 1.31. The molecule has 1 radical (unpaired) electrons. The Morgan fingerprint density at radius 2 is 1.65 bits per heavy atom. The summed E-state index contributed by atoms with van der Waals surface area (Å²) in [5.74, 6) is -3.02. The van der Waals surface area contributed by atoms with Crippen LogP contribution in [0.15, 0.2) is 23.8 Å². The molecule has 0 aliphatic carbocycles. The van der Waals surface area contributed by atoms with Crippen molar-refractivity contribution in [2.45, 2.75) is 0 Å². The fourth-order valence-electron chi connectivity index (χ4n) is 1.44. The molecule has 7 nitrogen and oxygen atoms in total. The Morgan fingerprint density at radius 1 is 1.05 bits per heavy atom. The molecule has 0 saturated heterocycles. The molecule has 20 heavy (non-hydrogen) atoms. The second-order valence-corrected chi connectivity index (χ2v) is 3.54. The number of carbonyl (C=O) groups excluding carboxylic acids is 3. The summed E-state index contributed by atoms with van der Waals surface area (Å²) in [6.45, 7) is 0. The highest BCUT2D eigenvalue weighted by Crippen LogP contribution is 2.30. The van der Waals surface area contributed by atoms with Crippen LogP contribution < -0.4 is 0 Å². The minimum atomic E-state index is -1.08. The lowest BCUT2D eigenvalue weighted by molar-refractivity contribution is -0.137. The monoisotopic (exact) mass is 279 g/mol. The van der Waals surface area contributed by atoms with Gasteiger partial charge < -0.3 is 19.7 Å². The summed E-state index contributed by atoms with van der Waals surface area (Å²) in [5.41, 5.74) is -1.11. The van der Waals surface area contributed by atoms with Gasteiger partial charge in [0.25, 0.3) is 0 Å². The number of hydrogen-bond donors (Lipinski definition) is 2. The van der Waals surface area contributed by atoms with Crippen molar-refractivity contribution in [2.24, 2.45) is 0 Å². The van der Waals surface area contributed by atoms with Crippen LogP contribution in [0, 0.1) is 0 Å². The highest BCUT2D eigenvalue weighted by atomic mass is 16.5. The van der Waals surface area contributed by atoms with Crippen molar-refractivity contribution < 1.29 is 34.1 Å². The topological polar surface area (TPSA) is 110 Å². The first kappa shape index (κ1) is 15.2. The van der Waals surface area contributed by atoms with Crippen molar-refractivity contribution in [3.05, 3.63) is 29.3 Å². The number of hydrogen-bond acceptors (Lipinski definition) is 7. The number of aromatic hydroxyl groups is 2. The van der Waals surface area contributed by atoms with Crippen LogP contribution in [0.25, 0.3) is 5.57 Å². The summed E-state index contributed by atoms with van der Waals surface area (Å²) in [4.78, 5) is 34.1. The zero-order valence-electron chi connectivity index (χ0n) is 10.7. The molecule has 1 aromatic carbocycles. The molecule has 0 atom stereocenters. The lowest BCUT2D eigenvalue weighted by Crippen LogP contribution is -2.15. The van der Waals surface area contributed by atoms with Gasteiger partial charge >= 0.3 is 11.9 Å². The van der Waals surface area contributed by atoms with Gasteiger partial charge in [-0.1, -0.05) is 6.07 Å². The number of rotatable bonds is 4. The van der Waals surface area contributed by atoms with Gasteiger partial charge in [-0.25, -0.2) is 9.59 Å². The highest BCUT2D eigenvalue weighted by Gasteiger charge is 2.25. The van der Waals surface area contributed by atoms with Gasteiger partial charge in [0.2, 0.25) is 6.29 Å². The summed E-state index contributed by atoms with van der Waals surface area (Å²) in [5, 5.41) is 18.6. The Morgan fingerprint density at radius 3 is 2.10 bits per heavy atom. The fraction of sp³-hybridized carbons (Fsp3) is 0.154. The molecule has 105 valence electrons. The Bertz CT molecular complexity index is 586. The minimum Gasteiger partial charge on any atom is -0.504 e. The van der Waals surface area contributed by atoms with Crippen molar-refractivity contribution >= 4 is 23.8 Å². The molecule has 0 heterocycles. The maximum absolute atomic E-state index is 11.7. The Balaban J connectivity index is 3.57. The molecule has 0 aromatic heterocycles. The van der Waals surface area contributed by atoms with Gasteiger partial charge in [-0.15, -0.1) is 0 Å². The standard InChI is InChI=1S/C13H11O7/c1-19-12(17)8(6-14)11(13(18)20-2)7-3-4-9(15)10(16)5-7/h3-5,15-16H,1-2H3. The third-order valence-electron chi connectivity index (χ3n) is 2.40. The van der Waals surface area contributed by atoms with E-state index in [-0.39, 0.29) is 5.56 Å². The van der Waals surface area contributed by atoms with Gasteiger partial charge in [-0.2, -0.15) is 0 Å². The number of methoxy groups -OCH3 is 2. The lowest BCUT2D eigenvalue weighted by Gasteiger charge is -2.09. The molecule has 1 rings (SSSR count). The van der Waals surface area contributed by atoms with Crippen LogP contribution in [0.1, 0.15) is 5.56 Å². The van der Waals surface area contributed by atoms with E-state index in [1.54, 1.807) is 0 Å². The van der Waals surface area contributed by atoms with Crippen LogP contribution in [0.5, 0.6) is 11.5 Å². The zero-order valence-corrected chi connectivity index (χ0v) is 10.7. The molecule has 0 fully saturated rings. The van der Waals surface area contributed by atoms with E-state index in [1.807, 2.05) is 0 Å². The second kappa shape index (κ2) is 6.37. The van der Waals surface area contributed by atoms with Crippen molar-refractivity contribution in [3.8, 4) is 11.5 Å². The molecular weight excluding hydrogens is 268 g/mol. The van der Waals surface area contributed by atoms with E-state index >= 15 is 0 Å². The number of phenols is 2. The first-order valence-electron chi connectivity index (χ1n) is 5.27. The highest BCUT2D eigenvalue weighted by molar-refractivity contribution is 6.29.